The quantitative estimate of drug-likeness (QED) is 0.340. The molecule has 4 nitrogen and oxygen atoms in total. The van der Waals surface area contributed by atoms with E-state index in [-0.39, 0.29) is 5.78 Å². The molecule has 4 aromatic rings. The summed E-state index contributed by atoms with van der Waals surface area (Å²) in [6.45, 7) is 3.82. The first-order valence-electron chi connectivity index (χ1n) is 10.4. The van der Waals surface area contributed by atoms with Gasteiger partial charge in [-0.05, 0) is 31.5 Å². The van der Waals surface area contributed by atoms with E-state index in [1.807, 2.05) is 60.9 Å². The summed E-state index contributed by atoms with van der Waals surface area (Å²) < 4.78 is 29.2. The average Bonchev–Trinajstić information content (AvgIpc) is 3.09. The Balaban J connectivity index is 1.97. The summed E-state index contributed by atoms with van der Waals surface area (Å²) in [7, 11) is -3.66. The molecule has 31 heavy (non-hydrogen) atoms. The average molecular weight is 432 g/mol. The molecular weight excluding hydrogens is 406 g/mol. The fourth-order valence-corrected chi connectivity index (χ4v) is 6.17. The molecule has 0 N–H and O–H groups in total. The van der Waals surface area contributed by atoms with Gasteiger partial charge in [-0.2, -0.15) is 0 Å². The molecular formula is C26H25NO3S. The van der Waals surface area contributed by atoms with Gasteiger partial charge in [0.25, 0.3) is 0 Å². The summed E-state index contributed by atoms with van der Waals surface area (Å²) in [5.41, 5.74) is 2.59. The predicted molar refractivity (Wildman–Crippen MR) is 124 cm³/mol. The van der Waals surface area contributed by atoms with Crippen LogP contribution >= 0.6 is 0 Å². The van der Waals surface area contributed by atoms with Gasteiger partial charge in [-0.15, -0.1) is 0 Å². The van der Waals surface area contributed by atoms with E-state index in [1.165, 1.54) is 0 Å². The lowest BCUT2D eigenvalue weighted by Gasteiger charge is -2.22. The molecule has 0 aliphatic heterocycles. The van der Waals surface area contributed by atoms with Crippen molar-refractivity contribution in [2.75, 3.05) is 0 Å². The number of sulfone groups is 1. The Morgan fingerprint density at radius 1 is 0.871 bits per heavy atom. The zero-order valence-corrected chi connectivity index (χ0v) is 18.5. The van der Waals surface area contributed by atoms with Crippen LogP contribution in [0.1, 0.15) is 46.8 Å². The van der Waals surface area contributed by atoms with Gasteiger partial charge in [-0.25, -0.2) is 8.42 Å². The zero-order valence-electron chi connectivity index (χ0n) is 17.7. The Morgan fingerprint density at radius 3 is 2.10 bits per heavy atom. The molecule has 158 valence electrons. The molecule has 0 fully saturated rings. The van der Waals surface area contributed by atoms with Gasteiger partial charge in [0.2, 0.25) is 0 Å². The second kappa shape index (κ2) is 8.52. The maximum atomic E-state index is 13.7. The van der Waals surface area contributed by atoms with Gasteiger partial charge in [0.05, 0.1) is 16.0 Å². The van der Waals surface area contributed by atoms with Crippen molar-refractivity contribution in [3.8, 4) is 0 Å². The van der Waals surface area contributed by atoms with Crippen LogP contribution < -0.4 is 0 Å². The second-order valence-corrected chi connectivity index (χ2v) is 9.75. The van der Waals surface area contributed by atoms with Crippen molar-refractivity contribution in [1.29, 1.82) is 0 Å². The van der Waals surface area contributed by atoms with Crippen LogP contribution in [0.2, 0.25) is 0 Å². The molecule has 0 aliphatic carbocycles. The fourth-order valence-electron chi connectivity index (χ4n) is 4.22. The van der Waals surface area contributed by atoms with E-state index in [0.717, 1.165) is 10.9 Å². The van der Waals surface area contributed by atoms with Crippen LogP contribution in [0, 0.1) is 6.92 Å². The molecule has 0 aliphatic rings. The van der Waals surface area contributed by atoms with Crippen molar-refractivity contribution in [3.05, 3.63) is 102 Å². The number of nitrogens with zero attached hydrogens (tertiary/aromatic N) is 1. The Kier molecular flexibility index (Phi) is 5.79. The molecule has 0 amide bonds. The SMILES string of the molecule is CCCC(n1c(C)c(C(=O)c2ccccc2)c2ccccc21)S(=O)(=O)c1ccccc1. The van der Waals surface area contributed by atoms with Crippen LogP contribution in [-0.2, 0) is 9.84 Å². The number of hydrogen-bond donors (Lipinski definition) is 0. The minimum Gasteiger partial charge on any atom is -0.326 e. The van der Waals surface area contributed by atoms with E-state index in [2.05, 4.69) is 0 Å². The highest BCUT2D eigenvalue weighted by Crippen LogP contribution is 2.37. The van der Waals surface area contributed by atoms with Gasteiger partial charge in [0, 0.05) is 16.6 Å². The van der Waals surface area contributed by atoms with Crippen molar-refractivity contribution < 1.29 is 13.2 Å². The predicted octanol–water partition coefficient (Wildman–Crippen LogP) is 5.95. The van der Waals surface area contributed by atoms with Crippen molar-refractivity contribution in [1.82, 2.24) is 4.57 Å². The minimum absolute atomic E-state index is 0.0968. The number of carbonyl (C=O) groups excluding carboxylic acids is 1. The summed E-state index contributed by atoms with van der Waals surface area (Å²) in [5.74, 6) is -0.0968. The summed E-state index contributed by atoms with van der Waals surface area (Å²) >= 11 is 0. The minimum atomic E-state index is -3.66. The van der Waals surface area contributed by atoms with Crippen LogP contribution in [0.25, 0.3) is 10.9 Å². The molecule has 0 bridgehead atoms. The molecule has 1 unspecified atom stereocenters. The molecule has 1 heterocycles. The Hall–Kier alpha value is -3.18. The highest BCUT2D eigenvalue weighted by Gasteiger charge is 2.32. The lowest BCUT2D eigenvalue weighted by atomic mass is 10.0. The third-order valence-electron chi connectivity index (χ3n) is 5.67. The highest BCUT2D eigenvalue weighted by atomic mass is 32.2. The van der Waals surface area contributed by atoms with Crippen molar-refractivity contribution >= 4 is 26.5 Å². The number of carbonyl (C=O) groups is 1. The molecule has 0 saturated heterocycles. The van der Waals surface area contributed by atoms with E-state index >= 15 is 0 Å². The zero-order chi connectivity index (χ0) is 22.0. The third kappa shape index (κ3) is 3.70. The standard InChI is InChI=1S/C26H25NO3S/c1-3-12-24(31(29,30)21-15-8-5-9-16-21)27-19(2)25(22-17-10-11-18-23(22)27)26(28)20-13-6-4-7-14-20/h4-11,13-18,24H,3,12H2,1-2H3. The molecule has 0 saturated carbocycles. The lowest BCUT2D eigenvalue weighted by Crippen LogP contribution is -2.21. The number of para-hydroxylation sites is 1. The van der Waals surface area contributed by atoms with Crippen LogP contribution in [0.15, 0.2) is 89.8 Å². The third-order valence-corrected chi connectivity index (χ3v) is 7.76. The molecule has 0 radical (unpaired) electrons. The van der Waals surface area contributed by atoms with Crippen molar-refractivity contribution in [2.45, 2.75) is 37.0 Å². The maximum Gasteiger partial charge on any atom is 0.199 e. The molecule has 1 atom stereocenters. The van der Waals surface area contributed by atoms with Gasteiger partial charge in [0.1, 0.15) is 5.37 Å². The van der Waals surface area contributed by atoms with Crippen LogP contribution in [0.4, 0.5) is 0 Å². The van der Waals surface area contributed by atoms with E-state index in [1.54, 1.807) is 42.5 Å². The normalized spacial score (nSPS) is 12.7. The van der Waals surface area contributed by atoms with Crippen LogP contribution in [0.3, 0.4) is 0 Å². The first-order valence-corrected chi connectivity index (χ1v) is 12.0. The van der Waals surface area contributed by atoms with Gasteiger partial charge in [-0.3, -0.25) is 4.79 Å². The van der Waals surface area contributed by atoms with Crippen LogP contribution in [0.5, 0.6) is 0 Å². The summed E-state index contributed by atoms with van der Waals surface area (Å²) in [6, 6.07) is 25.2. The monoisotopic (exact) mass is 431 g/mol. The molecule has 0 spiro atoms. The van der Waals surface area contributed by atoms with E-state index in [9.17, 15) is 13.2 Å². The van der Waals surface area contributed by atoms with E-state index in [0.29, 0.717) is 34.6 Å². The summed E-state index contributed by atoms with van der Waals surface area (Å²) in [6.07, 6.45) is 1.15. The van der Waals surface area contributed by atoms with Gasteiger partial charge >= 0.3 is 0 Å². The van der Waals surface area contributed by atoms with Crippen LogP contribution in [-0.4, -0.2) is 18.8 Å². The highest BCUT2D eigenvalue weighted by molar-refractivity contribution is 7.91. The Labute approximate surface area is 183 Å². The summed E-state index contributed by atoms with van der Waals surface area (Å²) in [5, 5.41) is -0.0136. The maximum absolute atomic E-state index is 13.7. The molecule has 3 aromatic carbocycles. The van der Waals surface area contributed by atoms with Gasteiger partial charge in [-0.1, -0.05) is 80.1 Å². The number of aromatic nitrogens is 1. The first kappa shape index (κ1) is 21.1. The lowest BCUT2D eigenvalue weighted by molar-refractivity contribution is 0.103. The van der Waals surface area contributed by atoms with Gasteiger partial charge in [0.15, 0.2) is 15.6 Å². The van der Waals surface area contributed by atoms with Crippen molar-refractivity contribution in [3.63, 3.8) is 0 Å². The smallest absolute Gasteiger partial charge is 0.199 e. The Bertz CT molecular complexity index is 1320. The second-order valence-electron chi connectivity index (χ2n) is 7.64. The molecule has 1 aromatic heterocycles. The number of benzene rings is 3. The topological polar surface area (TPSA) is 56.1 Å². The number of rotatable bonds is 7. The van der Waals surface area contributed by atoms with Crippen molar-refractivity contribution in [2.24, 2.45) is 0 Å². The Morgan fingerprint density at radius 2 is 1.45 bits per heavy atom. The van der Waals surface area contributed by atoms with Gasteiger partial charge < -0.3 is 4.57 Å². The molecule has 4 rings (SSSR count). The first-order chi connectivity index (χ1) is 15.0. The largest absolute Gasteiger partial charge is 0.326 e. The molecule has 5 heteroatoms. The fraction of sp³-hybridized carbons (Fsp3) is 0.192. The number of hydrogen-bond acceptors (Lipinski definition) is 3. The van der Waals surface area contributed by atoms with E-state index in [4.69, 9.17) is 0 Å². The number of fused-ring (bicyclic) bond motifs is 1. The summed E-state index contributed by atoms with van der Waals surface area (Å²) in [4.78, 5) is 13.7. The van der Waals surface area contributed by atoms with E-state index < -0.39 is 15.2 Å². The number of ketones is 1.